The normalized spacial score (nSPS) is 11.9. The molecule has 172 valence electrons. The molecule has 0 aromatic carbocycles. The summed E-state index contributed by atoms with van der Waals surface area (Å²) in [7, 11) is 0. The van der Waals surface area contributed by atoms with Gasteiger partial charge in [-0.3, -0.25) is 4.79 Å². The summed E-state index contributed by atoms with van der Waals surface area (Å²) in [6, 6.07) is -0.916. The van der Waals surface area contributed by atoms with E-state index in [0.717, 1.165) is 25.7 Å². The average Bonchev–Trinajstić information content (AvgIpc) is 3.23. The number of carboxylic acid groups (broad SMARTS) is 1. The molecule has 7 heteroatoms. The molecule has 1 amide bonds. The van der Waals surface area contributed by atoms with Crippen molar-refractivity contribution < 1.29 is 45.7 Å². The number of allylic oxidation sites excluding steroid dienone is 2. The van der Waals surface area contributed by atoms with Gasteiger partial charge < -0.3 is 16.8 Å². The maximum atomic E-state index is 12.0. The van der Waals surface area contributed by atoms with Crippen LogP contribution >= 0.6 is 0 Å². The van der Waals surface area contributed by atoms with Crippen LogP contribution in [0.4, 0.5) is 0 Å². The smallest absolute Gasteiger partial charge is 1.00 e. The van der Waals surface area contributed by atoms with Crippen LogP contribution in [0, 0.1) is 0 Å². The molecule has 0 spiro atoms. The predicted octanol–water partition coefficient (Wildman–Crippen LogP) is 2.68. The zero-order valence-corrected chi connectivity index (χ0v) is 21.7. The number of imidazole rings is 1. The first-order chi connectivity index (χ1) is 14.6. The third-order valence-electron chi connectivity index (χ3n) is 5.28. The van der Waals surface area contributed by atoms with E-state index in [2.05, 4.69) is 34.4 Å². The molecule has 0 saturated heterocycles. The Morgan fingerprint density at radius 2 is 1.61 bits per heavy atom. The monoisotopic (exact) mass is 443 g/mol. The van der Waals surface area contributed by atoms with E-state index < -0.39 is 12.0 Å². The van der Waals surface area contributed by atoms with Crippen LogP contribution in [0.2, 0.25) is 0 Å². The number of amides is 1. The fourth-order valence-corrected chi connectivity index (χ4v) is 3.44. The molecule has 0 radical (unpaired) electrons. The second-order valence-corrected chi connectivity index (χ2v) is 8.07. The minimum Gasteiger partial charge on any atom is -1.00 e. The zero-order chi connectivity index (χ0) is 21.9. The minimum absolute atomic E-state index is 0. The number of aromatic amines is 1. The van der Waals surface area contributed by atoms with Crippen molar-refractivity contribution in [2.75, 3.05) is 0 Å². The first-order valence-electron chi connectivity index (χ1n) is 11.8. The SMILES string of the molecule is CCCCCCCC/C=C\CCCCCCCC(=O)NC(Cc1cnc[nH]1)C(=O)O.[H-].[Na+]. The van der Waals surface area contributed by atoms with Crippen molar-refractivity contribution in [1.29, 1.82) is 0 Å². The Labute approximate surface area is 211 Å². The van der Waals surface area contributed by atoms with Crippen LogP contribution in [0.15, 0.2) is 24.7 Å². The number of nitrogens with zero attached hydrogens (tertiary/aromatic N) is 1. The number of carbonyl (C=O) groups excluding carboxylic acids is 1. The van der Waals surface area contributed by atoms with Gasteiger partial charge in [-0.2, -0.15) is 0 Å². The molecular formula is C24H42N3NaO3. The molecule has 0 fully saturated rings. The Morgan fingerprint density at radius 3 is 2.16 bits per heavy atom. The van der Waals surface area contributed by atoms with Crippen molar-refractivity contribution in [3.63, 3.8) is 0 Å². The van der Waals surface area contributed by atoms with Gasteiger partial charge in [0.05, 0.1) is 6.33 Å². The number of carbonyl (C=O) groups is 2. The maximum absolute atomic E-state index is 12.0. The van der Waals surface area contributed by atoms with Crippen molar-refractivity contribution in [1.82, 2.24) is 15.3 Å². The molecule has 0 saturated carbocycles. The van der Waals surface area contributed by atoms with Crippen LogP contribution in [0.5, 0.6) is 0 Å². The minimum atomic E-state index is -1.03. The van der Waals surface area contributed by atoms with E-state index in [0.29, 0.717) is 12.1 Å². The van der Waals surface area contributed by atoms with Crippen molar-refractivity contribution in [3.8, 4) is 0 Å². The van der Waals surface area contributed by atoms with Gasteiger partial charge in [-0.05, 0) is 32.1 Å². The molecule has 0 aliphatic rings. The van der Waals surface area contributed by atoms with Crippen LogP contribution in [0.25, 0.3) is 0 Å². The van der Waals surface area contributed by atoms with Crippen LogP contribution in [-0.2, 0) is 16.0 Å². The first-order valence-corrected chi connectivity index (χ1v) is 11.8. The van der Waals surface area contributed by atoms with Crippen molar-refractivity contribution in [2.24, 2.45) is 0 Å². The van der Waals surface area contributed by atoms with Gasteiger partial charge in [-0.1, -0.05) is 70.4 Å². The van der Waals surface area contributed by atoms with Gasteiger partial charge in [-0.15, -0.1) is 0 Å². The summed E-state index contributed by atoms with van der Waals surface area (Å²) in [5, 5.41) is 11.9. The zero-order valence-electron chi connectivity index (χ0n) is 20.7. The van der Waals surface area contributed by atoms with Gasteiger partial charge in [0.15, 0.2) is 0 Å². The van der Waals surface area contributed by atoms with Gasteiger partial charge in [0.1, 0.15) is 6.04 Å². The van der Waals surface area contributed by atoms with Crippen LogP contribution in [-0.4, -0.2) is 33.0 Å². The molecule has 0 aliphatic heterocycles. The third-order valence-corrected chi connectivity index (χ3v) is 5.28. The number of hydrogen-bond donors (Lipinski definition) is 3. The maximum Gasteiger partial charge on any atom is 1.00 e. The molecule has 3 N–H and O–H groups in total. The number of unbranched alkanes of at least 4 members (excludes halogenated alkanes) is 11. The summed E-state index contributed by atoms with van der Waals surface area (Å²) in [6.45, 7) is 2.25. The molecule has 0 bridgehead atoms. The molecular weight excluding hydrogens is 401 g/mol. The van der Waals surface area contributed by atoms with Crippen molar-refractivity contribution in [3.05, 3.63) is 30.4 Å². The predicted molar refractivity (Wildman–Crippen MR) is 122 cm³/mol. The number of aliphatic carboxylic acids is 1. The molecule has 31 heavy (non-hydrogen) atoms. The number of nitrogens with one attached hydrogen (secondary N) is 2. The van der Waals surface area contributed by atoms with Crippen LogP contribution < -0.4 is 34.9 Å². The summed E-state index contributed by atoms with van der Waals surface area (Å²) in [6.07, 6.45) is 24.1. The van der Waals surface area contributed by atoms with Crippen molar-refractivity contribution in [2.45, 2.75) is 109 Å². The Morgan fingerprint density at radius 1 is 1.03 bits per heavy atom. The Hall–Kier alpha value is -1.11. The van der Waals surface area contributed by atoms with Gasteiger partial charge in [0.25, 0.3) is 0 Å². The van der Waals surface area contributed by atoms with E-state index in [9.17, 15) is 14.7 Å². The Bertz CT molecular complexity index is 597. The van der Waals surface area contributed by atoms with E-state index in [1.165, 1.54) is 64.1 Å². The quantitative estimate of drug-likeness (QED) is 0.174. The number of hydrogen-bond acceptors (Lipinski definition) is 3. The van der Waals surface area contributed by atoms with Crippen LogP contribution in [0.3, 0.4) is 0 Å². The van der Waals surface area contributed by atoms with Gasteiger partial charge >= 0.3 is 35.5 Å². The topological polar surface area (TPSA) is 95.1 Å². The second kappa shape index (κ2) is 20.8. The fourth-order valence-electron chi connectivity index (χ4n) is 3.44. The first kappa shape index (κ1) is 29.9. The summed E-state index contributed by atoms with van der Waals surface area (Å²) in [5.41, 5.74) is 0.698. The standard InChI is InChI=1S/C24H41N3O3.Na.H/c1-2-3-4-5-6-7-8-9-10-11-12-13-14-15-16-17-23(28)27-22(24(29)30)18-21-19-25-20-26-21;;/h9-10,19-20,22H,2-8,11-18H2,1H3,(H,25,26)(H,27,28)(H,29,30);;/q;+1;-1/b10-9-;;. The molecule has 1 atom stereocenters. The Balaban J connectivity index is 0. The second-order valence-electron chi connectivity index (χ2n) is 8.07. The molecule has 0 aliphatic carbocycles. The summed E-state index contributed by atoms with van der Waals surface area (Å²) in [5.74, 6) is -1.22. The fraction of sp³-hybridized carbons (Fsp3) is 0.708. The molecule has 1 unspecified atom stereocenters. The summed E-state index contributed by atoms with van der Waals surface area (Å²) in [4.78, 5) is 30.1. The van der Waals surface area contributed by atoms with Gasteiger partial charge in [0.2, 0.25) is 5.91 Å². The van der Waals surface area contributed by atoms with Crippen molar-refractivity contribution >= 4 is 11.9 Å². The van der Waals surface area contributed by atoms with E-state index in [1.54, 1.807) is 6.20 Å². The molecule has 1 heterocycles. The van der Waals surface area contributed by atoms with E-state index in [-0.39, 0.29) is 43.3 Å². The molecule has 6 nitrogen and oxygen atoms in total. The largest absolute Gasteiger partial charge is 1.00 e. The molecule has 1 rings (SSSR count). The average molecular weight is 444 g/mol. The van der Waals surface area contributed by atoms with Gasteiger partial charge in [-0.25, -0.2) is 9.78 Å². The van der Waals surface area contributed by atoms with Gasteiger partial charge in [0, 0.05) is 24.7 Å². The molecule has 1 aromatic rings. The third kappa shape index (κ3) is 17.2. The number of aromatic nitrogens is 2. The van der Waals surface area contributed by atoms with Crippen LogP contribution in [0.1, 0.15) is 104 Å². The van der Waals surface area contributed by atoms with E-state index in [4.69, 9.17) is 0 Å². The summed E-state index contributed by atoms with van der Waals surface area (Å²) >= 11 is 0. The number of H-pyrrole nitrogens is 1. The summed E-state index contributed by atoms with van der Waals surface area (Å²) < 4.78 is 0. The number of carboxylic acids is 1. The van der Waals surface area contributed by atoms with E-state index in [1.807, 2.05) is 0 Å². The van der Waals surface area contributed by atoms with E-state index >= 15 is 0 Å². The molecule has 1 aromatic heterocycles. The number of rotatable bonds is 19. The Kier molecular flexibility index (Phi) is 20.0.